The zero-order valence-corrected chi connectivity index (χ0v) is 18.5. The van der Waals surface area contributed by atoms with E-state index in [9.17, 15) is 13.6 Å². The molecule has 30 heavy (non-hydrogen) atoms. The number of carbonyl (C=O) groups is 1. The summed E-state index contributed by atoms with van der Waals surface area (Å²) >= 11 is 3.93. The predicted octanol–water partition coefficient (Wildman–Crippen LogP) is 3.07. The van der Waals surface area contributed by atoms with Crippen LogP contribution in [-0.4, -0.2) is 58.3 Å². The average molecular weight is 447 g/mol. The van der Waals surface area contributed by atoms with Gasteiger partial charge in [-0.1, -0.05) is 11.6 Å². The smallest absolute Gasteiger partial charge is 0.245 e. The standard InChI is InChI=1S/C22H26ClN3O3S/c1-16(26-10-2-3-17-15-18(23)4-9-21(17)26)22(27)25-13-11-24(12-14-25)19-5-7-20(8-6-19)30(28)29/h4-9,15-16H,2-3,10-14H2,1H3,(H,28,29)/p-1/t16-/m1/s1. The number of carbonyl (C=O) groups excluding carboxylic acids is 1. The number of hydrogen-bond acceptors (Lipinski definition) is 5. The van der Waals surface area contributed by atoms with Gasteiger partial charge in [-0.05, 0) is 78.9 Å². The fraction of sp³-hybridized carbons (Fsp3) is 0.409. The summed E-state index contributed by atoms with van der Waals surface area (Å²) in [7, 11) is 0. The van der Waals surface area contributed by atoms with Gasteiger partial charge >= 0.3 is 0 Å². The highest BCUT2D eigenvalue weighted by Crippen LogP contribution is 2.31. The Labute approximate surface area is 184 Å². The Morgan fingerprint density at radius 3 is 2.43 bits per heavy atom. The summed E-state index contributed by atoms with van der Waals surface area (Å²) in [6, 6.07) is 12.6. The van der Waals surface area contributed by atoms with Crippen LogP contribution >= 0.6 is 11.6 Å². The van der Waals surface area contributed by atoms with Crippen LogP contribution in [-0.2, 0) is 22.3 Å². The van der Waals surface area contributed by atoms with E-state index >= 15 is 0 Å². The van der Waals surface area contributed by atoms with E-state index in [1.54, 1.807) is 12.1 Å². The zero-order chi connectivity index (χ0) is 21.3. The number of nitrogens with zero attached hydrogens (tertiary/aromatic N) is 3. The molecule has 8 heteroatoms. The summed E-state index contributed by atoms with van der Waals surface area (Å²) in [5.74, 6) is 0.148. The first-order valence-electron chi connectivity index (χ1n) is 10.2. The summed E-state index contributed by atoms with van der Waals surface area (Å²) in [5.41, 5.74) is 3.30. The third-order valence-electron chi connectivity index (χ3n) is 6.01. The van der Waals surface area contributed by atoms with Crippen molar-refractivity contribution in [1.82, 2.24) is 4.90 Å². The lowest BCUT2D eigenvalue weighted by molar-refractivity contribution is -0.132. The van der Waals surface area contributed by atoms with Crippen molar-refractivity contribution in [3.05, 3.63) is 53.1 Å². The molecule has 1 unspecified atom stereocenters. The molecule has 2 atom stereocenters. The number of aryl methyl sites for hydroxylation is 1. The largest absolute Gasteiger partial charge is 0.768 e. The Hall–Kier alpha value is -2.09. The van der Waals surface area contributed by atoms with Gasteiger partial charge < -0.3 is 19.3 Å². The zero-order valence-electron chi connectivity index (χ0n) is 16.9. The lowest BCUT2D eigenvalue weighted by Gasteiger charge is -2.41. The summed E-state index contributed by atoms with van der Waals surface area (Å²) in [4.78, 5) is 19.8. The fourth-order valence-corrected chi connectivity index (χ4v) is 4.90. The second-order valence-electron chi connectivity index (χ2n) is 7.79. The number of hydrogen-bond donors (Lipinski definition) is 0. The highest BCUT2D eigenvalue weighted by molar-refractivity contribution is 7.79. The van der Waals surface area contributed by atoms with Crippen LogP contribution in [0.25, 0.3) is 0 Å². The van der Waals surface area contributed by atoms with E-state index in [2.05, 4.69) is 9.80 Å². The second kappa shape index (κ2) is 8.96. The van der Waals surface area contributed by atoms with Crippen molar-refractivity contribution < 1.29 is 13.6 Å². The van der Waals surface area contributed by atoms with E-state index in [0.29, 0.717) is 13.1 Å². The number of rotatable bonds is 4. The average Bonchev–Trinajstić information content (AvgIpc) is 2.77. The number of benzene rings is 2. The third-order valence-corrected chi connectivity index (χ3v) is 6.90. The highest BCUT2D eigenvalue weighted by atomic mass is 35.5. The van der Waals surface area contributed by atoms with Crippen LogP contribution in [0.2, 0.25) is 5.02 Å². The molecular formula is C22H25ClN3O3S-. The van der Waals surface area contributed by atoms with Crippen LogP contribution in [0, 0.1) is 0 Å². The molecule has 1 fully saturated rings. The molecule has 2 aliphatic heterocycles. The molecule has 0 radical (unpaired) electrons. The Kier molecular flexibility index (Phi) is 6.32. The van der Waals surface area contributed by atoms with Gasteiger partial charge in [0.25, 0.3) is 0 Å². The minimum absolute atomic E-state index is 0.148. The van der Waals surface area contributed by atoms with Crippen molar-refractivity contribution >= 4 is 40.0 Å². The van der Waals surface area contributed by atoms with Gasteiger partial charge in [0.1, 0.15) is 6.04 Å². The lowest BCUT2D eigenvalue weighted by atomic mass is 10.00. The van der Waals surface area contributed by atoms with Crippen LogP contribution < -0.4 is 9.80 Å². The van der Waals surface area contributed by atoms with Crippen LogP contribution in [0.3, 0.4) is 0 Å². The van der Waals surface area contributed by atoms with Gasteiger partial charge in [0.2, 0.25) is 5.91 Å². The molecule has 0 aliphatic carbocycles. The fourth-order valence-electron chi connectivity index (χ4n) is 4.35. The minimum atomic E-state index is -2.21. The van der Waals surface area contributed by atoms with E-state index < -0.39 is 11.1 Å². The normalized spacial score (nSPS) is 18.7. The van der Waals surface area contributed by atoms with Crippen molar-refractivity contribution in [3.8, 4) is 0 Å². The van der Waals surface area contributed by atoms with Crippen LogP contribution in [0.5, 0.6) is 0 Å². The molecule has 2 aromatic rings. The molecule has 2 aromatic carbocycles. The van der Waals surface area contributed by atoms with Crippen molar-refractivity contribution in [1.29, 1.82) is 0 Å². The van der Waals surface area contributed by atoms with Crippen molar-refractivity contribution in [3.63, 3.8) is 0 Å². The van der Waals surface area contributed by atoms with Crippen molar-refractivity contribution in [2.75, 3.05) is 42.5 Å². The number of amides is 1. The van der Waals surface area contributed by atoms with Gasteiger partial charge in [0.05, 0.1) is 0 Å². The quantitative estimate of drug-likeness (QED) is 0.675. The number of anilines is 2. The second-order valence-corrected chi connectivity index (χ2v) is 9.16. The summed E-state index contributed by atoms with van der Waals surface area (Å²) < 4.78 is 22.1. The van der Waals surface area contributed by atoms with E-state index in [-0.39, 0.29) is 16.8 Å². The molecule has 0 saturated carbocycles. The molecule has 1 saturated heterocycles. The third kappa shape index (κ3) is 4.33. The minimum Gasteiger partial charge on any atom is -0.768 e. The molecule has 4 rings (SSSR count). The van der Waals surface area contributed by atoms with Gasteiger partial charge in [-0.15, -0.1) is 0 Å². The van der Waals surface area contributed by atoms with E-state index in [1.807, 2.05) is 42.2 Å². The van der Waals surface area contributed by atoms with E-state index in [0.717, 1.165) is 48.9 Å². The van der Waals surface area contributed by atoms with Crippen LogP contribution in [0.1, 0.15) is 18.9 Å². The van der Waals surface area contributed by atoms with E-state index in [1.165, 1.54) is 5.56 Å². The maximum Gasteiger partial charge on any atom is 0.245 e. The first-order valence-corrected chi connectivity index (χ1v) is 11.7. The maximum absolute atomic E-state index is 13.2. The summed E-state index contributed by atoms with van der Waals surface area (Å²) in [6.45, 7) is 5.61. The number of piperazine rings is 1. The van der Waals surface area contributed by atoms with Crippen LogP contribution in [0.15, 0.2) is 47.4 Å². The first-order chi connectivity index (χ1) is 14.4. The van der Waals surface area contributed by atoms with Gasteiger partial charge in [0.15, 0.2) is 0 Å². The Balaban J connectivity index is 1.39. The molecule has 2 heterocycles. The SMILES string of the molecule is C[C@H](C(=O)N1CCN(c2ccc(S(=O)[O-])cc2)CC1)N1CCCc2cc(Cl)ccc21. The highest BCUT2D eigenvalue weighted by Gasteiger charge is 2.31. The predicted molar refractivity (Wildman–Crippen MR) is 119 cm³/mol. The molecule has 6 nitrogen and oxygen atoms in total. The Morgan fingerprint density at radius 2 is 1.77 bits per heavy atom. The monoisotopic (exact) mass is 446 g/mol. The topological polar surface area (TPSA) is 66.9 Å². The van der Waals surface area contributed by atoms with E-state index in [4.69, 9.17) is 11.6 Å². The molecular weight excluding hydrogens is 422 g/mol. The first kappa shape index (κ1) is 21.2. The lowest BCUT2D eigenvalue weighted by Crippen LogP contribution is -2.55. The number of halogens is 1. The molecule has 0 bridgehead atoms. The molecule has 160 valence electrons. The van der Waals surface area contributed by atoms with Gasteiger partial charge in [0, 0.05) is 54.0 Å². The molecule has 0 aromatic heterocycles. The van der Waals surface area contributed by atoms with Crippen LogP contribution in [0.4, 0.5) is 11.4 Å². The van der Waals surface area contributed by atoms with Gasteiger partial charge in [-0.2, -0.15) is 0 Å². The molecule has 0 N–H and O–H groups in total. The maximum atomic E-state index is 13.2. The number of fused-ring (bicyclic) bond motifs is 1. The van der Waals surface area contributed by atoms with Crippen molar-refractivity contribution in [2.24, 2.45) is 0 Å². The molecule has 1 amide bonds. The summed E-state index contributed by atoms with van der Waals surface area (Å²) in [5, 5.41) is 0.736. The Bertz CT molecular complexity index is 945. The molecule has 0 spiro atoms. The Morgan fingerprint density at radius 1 is 1.07 bits per heavy atom. The summed E-state index contributed by atoms with van der Waals surface area (Å²) in [6.07, 6.45) is 2.01. The van der Waals surface area contributed by atoms with Gasteiger partial charge in [-0.3, -0.25) is 9.00 Å². The molecule has 2 aliphatic rings. The van der Waals surface area contributed by atoms with Gasteiger partial charge in [-0.25, -0.2) is 0 Å². The van der Waals surface area contributed by atoms with Crippen molar-refractivity contribution in [2.45, 2.75) is 30.7 Å².